The van der Waals surface area contributed by atoms with E-state index in [-0.39, 0.29) is 11.2 Å². The normalized spacial score (nSPS) is 11.7. The Balaban J connectivity index is 2.08. The van der Waals surface area contributed by atoms with Gasteiger partial charge in [-0.15, -0.1) is 0 Å². The van der Waals surface area contributed by atoms with Crippen molar-refractivity contribution in [2.24, 2.45) is 0 Å². The molecule has 6 heteroatoms. The molecule has 2 aromatic carbocycles. The average molecular weight is 361 g/mol. The van der Waals surface area contributed by atoms with Gasteiger partial charge in [-0.1, -0.05) is 12.1 Å². The van der Waals surface area contributed by atoms with Crippen LogP contribution in [0.15, 0.2) is 57.7 Å². The second-order valence-electron chi connectivity index (χ2n) is 5.90. The summed E-state index contributed by atoms with van der Waals surface area (Å²) in [5.41, 5.74) is 0.790. The number of nitrogens with zero attached hydrogens (tertiary/aromatic N) is 1. The van der Waals surface area contributed by atoms with Gasteiger partial charge in [0.15, 0.2) is 5.43 Å². The summed E-state index contributed by atoms with van der Waals surface area (Å²) >= 11 is 0. The molecule has 0 fully saturated rings. The molecule has 0 bridgehead atoms. The number of fused-ring (bicyclic) bond motifs is 1. The summed E-state index contributed by atoms with van der Waals surface area (Å²) < 4.78 is 43.9. The average Bonchev–Trinajstić information content (AvgIpc) is 2.62. The molecule has 0 saturated carbocycles. The Kier molecular flexibility index (Phi) is 4.76. The summed E-state index contributed by atoms with van der Waals surface area (Å²) in [6.07, 6.45) is -4.40. The number of alkyl halides is 3. The van der Waals surface area contributed by atoms with Crippen molar-refractivity contribution in [3.05, 3.63) is 64.3 Å². The Labute approximate surface area is 148 Å². The summed E-state index contributed by atoms with van der Waals surface area (Å²) in [5, 5.41) is 0.441. The van der Waals surface area contributed by atoms with Gasteiger partial charge in [0.1, 0.15) is 11.3 Å². The van der Waals surface area contributed by atoms with Crippen molar-refractivity contribution in [3.63, 3.8) is 0 Å². The fourth-order valence-electron chi connectivity index (χ4n) is 2.89. The van der Waals surface area contributed by atoms with E-state index in [1.54, 1.807) is 12.1 Å². The smallest absolute Gasteiger partial charge is 0.416 e. The molecule has 0 atom stereocenters. The first kappa shape index (κ1) is 18.0. The molecule has 3 nitrogen and oxygen atoms in total. The van der Waals surface area contributed by atoms with Crippen LogP contribution in [-0.2, 0) is 6.18 Å². The van der Waals surface area contributed by atoms with Crippen molar-refractivity contribution in [3.8, 4) is 11.3 Å². The van der Waals surface area contributed by atoms with Gasteiger partial charge in [-0.3, -0.25) is 4.79 Å². The van der Waals surface area contributed by atoms with Crippen LogP contribution in [0, 0.1) is 0 Å². The van der Waals surface area contributed by atoms with Gasteiger partial charge in [0.25, 0.3) is 0 Å². The third-order valence-corrected chi connectivity index (χ3v) is 4.34. The largest absolute Gasteiger partial charge is 0.456 e. The quantitative estimate of drug-likeness (QED) is 0.630. The maximum absolute atomic E-state index is 12.7. The lowest BCUT2D eigenvalue weighted by Crippen LogP contribution is -2.21. The van der Waals surface area contributed by atoms with E-state index in [1.807, 2.05) is 19.9 Å². The highest BCUT2D eigenvalue weighted by Crippen LogP contribution is 2.31. The van der Waals surface area contributed by atoms with Crippen molar-refractivity contribution >= 4 is 16.7 Å². The van der Waals surface area contributed by atoms with Gasteiger partial charge in [-0.05, 0) is 38.1 Å². The Morgan fingerprint density at radius 2 is 1.62 bits per heavy atom. The predicted octanol–water partition coefficient (Wildman–Crippen LogP) is 5.33. The summed E-state index contributed by atoms with van der Waals surface area (Å²) in [6.45, 7) is 5.68. The Morgan fingerprint density at radius 1 is 0.962 bits per heavy atom. The Morgan fingerprint density at radius 3 is 2.19 bits per heavy atom. The van der Waals surface area contributed by atoms with E-state index in [4.69, 9.17) is 4.42 Å². The Bertz CT molecular complexity index is 971. The summed E-state index contributed by atoms with van der Waals surface area (Å²) in [4.78, 5) is 14.5. The maximum atomic E-state index is 12.7. The number of anilines is 1. The molecule has 0 unspecified atom stereocenters. The van der Waals surface area contributed by atoms with Crippen molar-refractivity contribution in [2.45, 2.75) is 20.0 Å². The van der Waals surface area contributed by atoms with Gasteiger partial charge in [-0.25, -0.2) is 0 Å². The van der Waals surface area contributed by atoms with Crippen LogP contribution in [0.5, 0.6) is 0 Å². The number of hydrogen-bond donors (Lipinski definition) is 0. The fraction of sp³-hybridized carbons (Fsp3) is 0.250. The Hall–Kier alpha value is -2.76. The molecule has 0 aliphatic rings. The molecule has 0 amide bonds. The second kappa shape index (κ2) is 6.86. The van der Waals surface area contributed by atoms with Crippen molar-refractivity contribution in [1.29, 1.82) is 0 Å². The van der Waals surface area contributed by atoms with E-state index in [2.05, 4.69) is 4.90 Å². The lowest BCUT2D eigenvalue weighted by molar-refractivity contribution is -0.137. The highest BCUT2D eigenvalue weighted by Gasteiger charge is 2.30. The van der Waals surface area contributed by atoms with Crippen molar-refractivity contribution < 1.29 is 17.6 Å². The highest BCUT2D eigenvalue weighted by atomic mass is 19.4. The van der Waals surface area contributed by atoms with Crippen LogP contribution < -0.4 is 10.3 Å². The summed E-state index contributed by atoms with van der Waals surface area (Å²) in [6, 6.07) is 11.2. The topological polar surface area (TPSA) is 33.5 Å². The minimum absolute atomic E-state index is 0.229. The van der Waals surface area contributed by atoms with Crippen LogP contribution in [0.2, 0.25) is 0 Å². The number of halogens is 3. The molecule has 1 aromatic heterocycles. The molecule has 26 heavy (non-hydrogen) atoms. The van der Waals surface area contributed by atoms with Crippen LogP contribution >= 0.6 is 0 Å². The van der Waals surface area contributed by atoms with Gasteiger partial charge in [-0.2, -0.15) is 13.2 Å². The standard InChI is InChI=1S/C20H18F3NO2/c1-3-24(4-2)15-9-10-16-17(25)12-18(26-19(16)11-15)13-5-7-14(8-6-13)20(21,22)23/h5-12H,3-4H2,1-2H3. The first-order valence-corrected chi connectivity index (χ1v) is 8.34. The van der Waals surface area contributed by atoms with Crippen LogP contribution in [0.1, 0.15) is 19.4 Å². The van der Waals surface area contributed by atoms with Gasteiger partial charge in [0.05, 0.1) is 10.9 Å². The van der Waals surface area contributed by atoms with E-state index < -0.39 is 11.7 Å². The molecule has 3 rings (SSSR count). The lowest BCUT2D eigenvalue weighted by atomic mass is 10.1. The minimum atomic E-state index is -4.40. The summed E-state index contributed by atoms with van der Waals surface area (Å²) in [5.74, 6) is 0.243. The van der Waals surface area contributed by atoms with E-state index >= 15 is 0 Å². The van der Waals surface area contributed by atoms with Gasteiger partial charge < -0.3 is 9.32 Å². The zero-order valence-corrected chi connectivity index (χ0v) is 14.4. The zero-order chi connectivity index (χ0) is 18.9. The van der Waals surface area contributed by atoms with Crippen LogP contribution in [-0.4, -0.2) is 13.1 Å². The van der Waals surface area contributed by atoms with Gasteiger partial charge >= 0.3 is 6.18 Å². The van der Waals surface area contributed by atoms with E-state index in [0.29, 0.717) is 16.5 Å². The predicted molar refractivity (Wildman–Crippen MR) is 96.5 cm³/mol. The second-order valence-corrected chi connectivity index (χ2v) is 5.90. The molecule has 0 radical (unpaired) electrons. The van der Waals surface area contributed by atoms with E-state index in [0.717, 1.165) is 30.9 Å². The molecule has 0 aliphatic heterocycles. The number of rotatable bonds is 4. The third-order valence-electron chi connectivity index (χ3n) is 4.34. The molecule has 0 spiro atoms. The van der Waals surface area contributed by atoms with Crippen LogP contribution in [0.25, 0.3) is 22.3 Å². The molecular weight excluding hydrogens is 343 g/mol. The lowest BCUT2D eigenvalue weighted by Gasteiger charge is -2.21. The molecule has 0 N–H and O–H groups in total. The van der Waals surface area contributed by atoms with Gasteiger partial charge in [0, 0.05) is 36.5 Å². The fourth-order valence-corrected chi connectivity index (χ4v) is 2.89. The highest BCUT2D eigenvalue weighted by molar-refractivity contribution is 5.82. The van der Waals surface area contributed by atoms with Crippen molar-refractivity contribution in [2.75, 3.05) is 18.0 Å². The van der Waals surface area contributed by atoms with E-state index in [1.165, 1.54) is 18.2 Å². The SMILES string of the molecule is CCN(CC)c1ccc2c(=O)cc(-c3ccc(C(F)(F)F)cc3)oc2c1. The van der Waals surface area contributed by atoms with Crippen molar-refractivity contribution in [1.82, 2.24) is 0 Å². The van der Waals surface area contributed by atoms with E-state index in [9.17, 15) is 18.0 Å². The molecule has 0 aliphatic carbocycles. The van der Waals surface area contributed by atoms with Crippen LogP contribution in [0.3, 0.4) is 0 Å². The number of hydrogen-bond acceptors (Lipinski definition) is 3. The summed E-state index contributed by atoms with van der Waals surface area (Å²) in [7, 11) is 0. The molecule has 1 heterocycles. The van der Waals surface area contributed by atoms with Gasteiger partial charge in [0.2, 0.25) is 0 Å². The van der Waals surface area contributed by atoms with Crippen LogP contribution in [0.4, 0.5) is 18.9 Å². The number of benzene rings is 2. The third kappa shape index (κ3) is 3.45. The molecule has 3 aromatic rings. The monoisotopic (exact) mass is 361 g/mol. The first-order chi connectivity index (χ1) is 12.3. The first-order valence-electron chi connectivity index (χ1n) is 8.34. The minimum Gasteiger partial charge on any atom is -0.456 e. The zero-order valence-electron chi connectivity index (χ0n) is 14.4. The molecule has 0 saturated heterocycles. The maximum Gasteiger partial charge on any atom is 0.416 e. The molecule has 136 valence electrons. The molecular formula is C20H18F3NO2.